The van der Waals surface area contributed by atoms with Crippen LogP contribution in [0.2, 0.25) is 0 Å². The van der Waals surface area contributed by atoms with Gasteiger partial charge in [0.1, 0.15) is 6.54 Å². The number of amides is 1. The maximum Gasteiger partial charge on any atom is 0.240 e. The average molecular weight is 273 g/mol. The van der Waals surface area contributed by atoms with Gasteiger partial charge in [-0.25, -0.2) is 0 Å². The molecule has 0 atom stereocenters. The lowest BCUT2D eigenvalue weighted by Crippen LogP contribution is -2.44. The molecule has 1 aromatic heterocycles. The number of carbonyl (C=O) groups is 1. The maximum atomic E-state index is 12.1. The van der Waals surface area contributed by atoms with E-state index < -0.39 is 0 Å². The Labute approximate surface area is 120 Å². The molecule has 0 unspecified atom stereocenters. The van der Waals surface area contributed by atoms with Crippen LogP contribution in [-0.4, -0.2) is 16.0 Å². The monoisotopic (exact) mass is 273 g/mol. The van der Waals surface area contributed by atoms with Crippen LogP contribution in [0.5, 0.6) is 0 Å². The number of nitrogens with one attached hydrogen (secondary N) is 1. The summed E-state index contributed by atoms with van der Waals surface area (Å²) in [6.07, 6.45) is 2.85. The van der Waals surface area contributed by atoms with Crippen LogP contribution in [0.1, 0.15) is 32.8 Å². The van der Waals surface area contributed by atoms with E-state index in [1.807, 2.05) is 48.9 Å². The molecule has 20 heavy (non-hydrogen) atoms. The minimum Gasteiger partial charge on any atom is -0.350 e. The number of rotatable bonds is 5. The molecule has 0 fully saturated rings. The Hall–Kier alpha value is -1.81. The topological polar surface area (TPSA) is 60.0 Å². The lowest BCUT2D eigenvalue weighted by molar-refractivity contribution is -0.123. The number of benzene rings is 1. The zero-order valence-electron chi connectivity index (χ0n) is 12.4. The predicted octanol–water partition coefficient (Wildman–Crippen LogP) is 2.40. The fourth-order valence-electron chi connectivity index (χ4n) is 2.15. The Balaban J connectivity index is 2.19. The van der Waals surface area contributed by atoms with E-state index in [9.17, 15) is 4.79 Å². The zero-order valence-corrected chi connectivity index (χ0v) is 12.4. The Kier molecular flexibility index (Phi) is 4.14. The summed E-state index contributed by atoms with van der Waals surface area (Å²) in [5.41, 5.74) is 7.64. The lowest BCUT2D eigenvalue weighted by Gasteiger charge is -2.24. The van der Waals surface area contributed by atoms with Gasteiger partial charge in [0.15, 0.2) is 0 Å². The molecular weight excluding hydrogens is 250 g/mol. The Morgan fingerprint density at radius 2 is 2.10 bits per heavy atom. The SMILES string of the molecule is CCC(C)(C)NC(=O)Cn1ccc2ccc(CN)cc21. The van der Waals surface area contributed by atoms with Gasteiger partial charge in [-0.3, -0.25) is 4.79 Å². The molecule has 0 aliphatic rings. The van der Waals surface area contributed by atoms with Crippen LogP contribution in [0.15, 0.2) is 30.5 Å². The largest absolute Gasteiger partial charge is 0.350 e. The summed E-state index contributed by atoms with van der Waals surface area (Å²) in [6, 6.07) is 8.14. The highest BCUT2D eigenvalue weighted by molar-refractivity contribution is 5.84. The molecule has 2 rings (SSSR count). The summed E-state index contributed by atoms with van der Waals surface area (Å²) in [6.45, 7) is 6.98. The van der Waals surface area contributed by atoms with Crippen molar-refractivity contribution in [1.82, 2.24) is 9.88 Å². The van der Waals surface area contributed by atoms with Gasteiger partial charge in [0.25, 0.3) is 0 Å². The third kappa shape index (κ3) is 3.20. The first-order valence-electron chi connectivity index (χ1n) is 7.04. The van der Waals surface area contributed by atoms with Crippen molar-refractivity contribution in [2.75, 3.05) is 0 Å². The molecule has 0 aliphatic carbocycles. The van der Waals surface area contributed by atoms with Crippen molar-refractivity contribution in [3.63, 3.8) is 0 Å². The molecule has 0 saturated heterocycles. The second-order valence-electron chi connectivity index (χ2n) is 5.83. The Bertz CT molecular complexity index is 613. The number of nitrogens with two attached hydrogens (primary N) is 1. The fourth-order valence-corrected chi connectivity index (χ4v) is 2.15. The summed E-state index contributed by atoms with van der Waals surface area (Å²) in [5.74, 6) is 0.0347. The number of hydrogen-bond donors (Lipinski definition) is 2. The highest BCUT2D eigenvalue weighted by Crippen LogP contribution is 2.18. The number of aromatic nitrogens is 1. The molecule has 4 heteroatoms. The summed E-state index contributed by atoms with van der Waals surface area (Å²) in [4.78, 5) is 12.1. The maximum absolute atomic E-state index is 12.1. The van der Waals surface area contributed by atoms with Crippen LogP contribution < -0.4 is 11.1 Å². The Morgan fingerprint density at radius 1 is 1.35 bits per heavy atom. The van der Waals surface area contributed by atoms with E-state index in [1.165, 1.54) is 0 Å². The second-order valence-corrected chi connectivity index (χ2v) is 5.83. The van der Waals surface area contributed by atoms with Crippen molar-refractivity contribution in [2.45, 2.75) is 45.8 Å². The van der Waals surface area contributed by atoms with E-state index in [-0.39, 0.29) is 11.4 Å². The first-order valence-corrected chi connectivity index (χ1v) is 7.04. The molecule has 0 saturated carbocycles. The average Bonchev–Trinajstić information content (AvgIpc) is 2.80. The minimum absolute atomic E-state index is 0.0347. The fraction of sp³-hybridized carbons (Fsp3) is 0.438. The quantitative estimate of drug-likeness (QED) is 0.879. The third-order valence-electron chi connectivity index (χ3n) is 3.75. The molecule has 0 bridgehead atoms. The van der Waals surface area contributed by atoms with Crippen LogP contribution in [0.25, 0.3) is 10.9 Å². The summed E-state index contributed by atoms with van der Waals surface area (Å²) in [5, 5.41) is 4.18. The Morgan fingerprint density at radius 3 is 2.75 bits per heavy atom. The molecule has 4 nitrogen and oxygen atoms in total. The van der Waals surface area contributed by atoms with Crippen LogP contribution in [-0.2, 0) is 17.9 Å². The molecule has 108 valence electrons. The number of carbonyl (C=O) groups excluding carboxylic acids is 1. The number of hydrogen-bond acceptors (Lipinski definition) is 2. The van der Waals surface area contributed by atoms with Gasteiger partial charge in [-0.15, -0.1) is 0 Å². The molecule has 2 aromatic rings. The standard InChI is InChI=1S/C16H23N3O/c1-4-16(2,3)18-15(20)11-19-8-7-13-6-5-12(10-17)9-14(13)19/h5-9H,4,10-11,17H2,1-3H3,(H,18,20). The molecule has 0 aliphatic heterocycles. The van der Waals surface area contributed by atoms with Crippen molar-refractivity contribution < 1.29 is 4.79 Å². The van der Waals surface area contributed by atoms with Gasteiger partial charge in [-0.1, -0.05) is 19.1 Å². The summed E-state index contributed by atoms with van der Waals surface area (Å²) >= 11 is 0. The van der Waals surface area contributed by atoms with Crippen LogP contribution >= 0.6 is 0 Å². The van der Waals surface area contributed by atoms with Gasteiger partial charge in [0.05, 0.1) is 0 Å². The van der Waals surface area contributed by atoms with Crippen LogP contribution in [0.4, 0.5) is 0 Å². The first kappa shape index (κ1) is 14.6. The van der Waals surface area contributed by atoms with E-state index in [0.29, 0.717) is 13.1 Å². The molecule has 1 amide bonds. The van der Waals surface area contributed by atoms with Gasteiger partial charge in [-0.05, 0) is 43.4 Å². The molecule has 3 N–H and O–H groups in total. The molecule has 1 heterocycles. The second kappa shape index (κ2) is 5.67. The summed E-state index contributed by atoms with van der Waals surface area (Å²) < 4.78 is 1.97. The van der Waals surface area contributed by atoms with Gasteiger partial charge < -0.3 is 15.6 Å². The molecular formula is C16H23N3O. The van der Waals surface area contributed by atoms with Crippen molar-refractivity contribution in [2.24, 2.45) is 5.73 Å². The molecule has 0 radical (unpaired) electrons. The first-order chi connectivity index (χ1) is 9.45. The van der Waals surface area contributed by atoms with Gasteiger partial charge >= 0.3 is 0 Å². The highest BCUT2D eigenvalue weighted by Gasteiger charge is 2.18. The van der Waals surface area contributed by atoms with Gasteiger partial charge in [-0.2, -0.15) is 0 Å². The van der Waals surface area contributed by atoms with Crippen LogP contribution in [0.3, 0.4) is 0 Å². The van der Waals surface area contributed by atoms with Crippen molar-refractivity contribution in [1.29, 1.82) is 0 Å². The van der Waals surface area contributed by atoms with Gasteiger partial charge in [0, 0.05) is 23.8 Å². The van der Waals surface area contributed by atoms with Crippen molar-refractivity contribution in [3.05, 3.63) is 36.0 Å². The lowest BCUT2D eigenvalue weighted by atomic mass is 10.0. The van der Waals surface area contributed by atoms with Crippen molar-refractivity contribution in [3.8, 4) is 0 Å². The van der Waals surface area contributed by atoms with Crippen LogP contribution in [0, 0.1) is 0 Å². The summed E-state index contributed by atoms with van der Waals surface area (Å²) in [7, 11) is 0. The third-order valence-corrected chi connectivity index (χ3v) is 3.75. The highest BCUT2D eigenvalue weighted by atomic mass is 16.2. The predicted molar refractivity (Wildman–Crippen MR) is 82.3 cm³/mol. The van der Waals surface area contributed by atoms with E-state index in [4.69, 9.17) is 5.73 Å². The molecule has 0 spiro atoms. The van der Waals surface area contributed by atoms with E-state index in [2.05, 4.69) is 12.2 Å². The smallest absolute Gasteiger partial charge is 0.240 e. The normalized spacial score (nSPS) is 11.8. The zero-order chi connectivity index (χ0) is 14.8. The van der Waals surface area contributed by atoms with E-state index >= 15 is 0 Å². The number of nitrogens with zero attached hydrogens (tertiary/aromatic N) is 1. The minimum atomic E-state index is -0.164. The molecule has 1 aromatic carbocycles. The van der Waals surface area contributed by atoms with Gasteiger partial charge in [0.2, 0.25) is 5.91 Å². The number of fused-ring (bicyclic) bond motifs is 1. The van der Waals surface area contributed by atoms with E-state index in [1.54, 1.807) is 0 Å². The van der Waals surface area contributed by atoms with Crippen molar-refractivity contribution >= 4 is 16.8 Å². The van der Waals surface area contributed by atoms with E-state index in [0.717, 1.165) is 22.9 Å².